The molecule has 0 unspecified atom stereocenters. The number of carbonyl (C=O) groups is 1. The number of hydrogen-bond donors (Lipinski definition) is 1. The fraction of sp³-hybridized carbons (Fsp3) is 0.316. The van der Waals surface area contributed by atoms with Gasteiger partial charge in [-0.05, 0) is 43.3 Å². The van der Waals surface area contributed by atoms with E-state index in [9.17, 15) is 4.79 Å². The molecule has 2 rings (SSSR count). The quantitative estimate of drug-likeness (QED) is 0.395. The molecule has 2 aromatic carbocycles. The summed E-state index contributed by atoms with van der Waals surface area (Å²) in [5, 5.41) is 0. The van der Waals surface area contributed by atoms with Crippen molar-refractivity contribution in [2.45, 2.75) is 6.92 Å². The number of hydrogen-bond acceptors (Lipinski definition) is 7. The predicted molar refractivity (Wildman–Crippen MR) is 97.0 cm³/mol. The van der Waals surface area contributed by atoms with Gasteiger partial charge in [0.05, 0.1) is 13.7 Å². The molecule has 0 aliphatic carbocycles. The van der Waals surface area contributed by atoms with E-state index in [0.717, 1.165) is 5.75 Å². The monoisotopic (exact) mass is 361 g/mol. The Kier molecular flexibility index (Phi) is 7.42. The molecule has 2 N–H and O–H groups in total. The first-order valence-corrected chi connectivity index (χ1v) is 8.20. The van der Waals surface area contributed by atoms with Gasteiger partial charge in [-0.2, -0.15) is 0 Å². The van der Waals surface area contributed by atoms with Crippen LogP contribution in [0.3, 0.4) is 0 Å². The molecule has 0 amide bonds. The van der Waals surface area contributed by atoms with Crippen molar-refractivity contribution in [1.82, 2.24) is 0 Å². The Labute approximate surface area is 152 Å². The summed E-state index contributed by atoms with van der Waals surface area (Å²) >= 11 is 0. The van der Waals surface area contributed by atoms with Gasteiger partial charge in [0.1, 0.15) is 24.7 Å². The number of esters is 1. The van der Waals surface area contributed by atoms with Crippen molar-refractivity contribution < 1.29 is 28.5 Å². The summed E-state index contributed by atoms with van der Waals surface area (Å²) in [4.78, 5) is 11.4. The lowest BCUT2D eigenvalue weighted by molar-refractivity contribution is -0.145. The minimum absolute atomic E-state index is 0.212. The third-order valence-corrected chi connectivity index (χ3v) is 3.29. The third kappa shape index (κ3) is 6.08. The molecule has 26 heavy (non-hydrogen) atoms. The Morgan fingerprint density at radius 1 is 0.923 bits per heavy atom. The van der Waals surface area contributed by atoms with Crippen LogP contribution in [0.4, 0.5) is 5.69 Å². The SMILES string of the molecule is CCOC(=O)COc1cc(N)ccc1OCCOc1ccc(OC)cc1. The van der Waals surface area contributed by atoms with Crippen molar-refractivity contribution in [3.63, 3.8) is 0 Å². The molecule has 7 heteroatoms. The molecule has 7 nitrogen and oxygen atoms in total. The number of anilines is 1. The number of carbonyl (C=O) groups excluding carboxylic acids is 1. The van der Waals surface area contributed by atoms with Crippen LogP contribution in [-0.2, 0) is 9.53 Å². The molecule has 0 heterocycles. The van der Waals surface area contributed by atoms with E-state index in [1.807, 2.05) is 24.3 Å². The smallest absolute Gasteiger partial charge is 0.344 e. The third-order valence-electron chi connectivity index (χ3n) is 3.29. The van der Waals surface area contributed by atoms with Gasteiger partial charge in [-0.25, -0.2) is 4.79 Å². The minimum Gasteiger partial charge on any atom is -0.497 e. The Balaban J connectivity index is 1.84. The standard InChI is InChI=1S/C19H23NO6/c1-3-23-19(21)13-26-18-12-14(20)4-9-17(18)25-11-10-24-16-7-5-15(22-2)6-8-16/h4-9,12H,3,10-11,13,20H2,1-2H3. The van der Waals surface area contributed by atoms with Gasteiger partial charge in [0, 0.05) is 11.8 Å². The molecule has 0 spiro atoms. The summed E-state index contributed by atoms with van der Waals surface area (Å²) in [6.07, 6.45) is 0. The van der Waals surface area contributed by atoms with E-state index < -0.39 is 5.97 Å². The Hall–Kier alpha value is -3.09. The van der Waals surface area contributed by atoms with Gasteiger partial charge >= 0.3 is 5.97 Å². The molecule has 0 fully saturated rings. The summed E-state index contributed by atoms with van der Waals surface area (Å²) < 4.78 is 26.6. The Morgan fingerprint density at radius 2 is 1.62 bits per heavy atom. The van der Waals surface area contributed by atoms with Crippen molar-refractivity contribution in [2.75, 3.05) is 39.3 Å². The summed E-state index contributed by atoms with van der Waals surface area (Å²) in [6, 6.07) is 12.2. The van der Waals surface area contributed by atoms with Crippen LogP contribution in [0.2, 0.25) is 0 Å². The Morgan fingerprint density at radius 3 is 2.31 bits per heavy atom. The second-order valence-corrected chi connectivity index (χ2v) is 5.17. The lowest BCUT2D eigenvalue weighted by Gasteiger charge is -2.13. The molecule has 0 saturated heterocycles. The van der Waals surface area contributed by atoms with Crippen LogP contribution in [0.1, 0.15) is 6.92 Å². The number of ether oxygens (including phenoxy) is 5. The number of nitrogens with two attached hydrogens (primary N) is 1. The second-order valence-electron chi connectivity index (χ2n) is 5.17. The lowest BCUT2D eigenvalue weighted by atomic mass is 10.3. The van der Waals surface area contributed by atoms with Crippen molar-refractivity contribution >= 4 is 11.7 Å². The summed E-state index contributed by atoms with van der Waals surface area (Å²) in [5.41, 5.74) is 6.27. The normalized spacial score (nSPS) is 10.1. The largest absolute Gasteiger partial charge is 0.497 e. The number of methoxy groups -OCH3 is 1. The topological polar surface area (TPSA) is 89.2 Å². The van der Waals surface area contributed by atoms with Crippen LogP contribution in [0, 0.1) is 0 Å². The van der Waals surface area contributed by atoms with Gasteiger partial charge < -0.3 is 29.4 Å². The highest BCUT2D eigenvalue weighted by molar-refractivity contribution is 5.71. The minimum atomic E-state index is -0.455. The van der Waals surface area contributed by atoms with Gasteiger partial charge in [0.2, 0.25) is 0 Å². The van der Waals surface area contributed by atoms with Gasteiger partial charge in [-0.15, -0.1) is 0 Å². The van der Waals surface area contributed by atoms with E-state index in [1.165, 1.54) is 0 Å². The van der Waals surface area contributed by atoms with Crippen LogP contribution >= 0.6 is 0 Å². The highest BCUT2D eigenvalue weighted by atomic mass is 16.6. The van der Waals surface area contributed by atoms with Crippen molar-refractivity contribution in [3.8, 4) is 23.0 Å². The van der Waals surface area contributed by atoms with E-state index >= 15 is 0 Å². The first kappa shape index (κ1) is 19.2. The van der Waals surface area contributed by atoms with Gasteiger partial charge in [0.15, 0.2) is 18.1 Å². The molecule has 0 aromatic heterocycles. The maximum atomic E-state index is 11.4. The van der Waals surface area contributed by atoms with E-state index in [-0.39, 0.29) is 6.61 Å². The van der Waals surface area contributed by atoms with E-state index in [0.29, 0.717) is 42.8 Å². The first-order chi connectivity index (χ1) is 12.6. The van der Waals surface area contributed by atoms with Gasteiger partial charge in [0.25, 0.3) is 0 Å². The van der Waals surface area contributed by atoms with Crippen molar-refractivity contribution in [2.24, 2.45) is 0 Å². The van der Waals surface area contributed by atoms with E-state index in [2.05, 4.69) is 0 Å². The second kappa shape index (κ2) is 10.0. The zero-order valence-electron chi connectivity index (χ0n) is 14.9. The average Bonchev–Trinajstić information content (AvgIpc) is 2.65. The molecule has 0 bridgehead atoms. The van der Waals surface area contributed by atoms with Crippen LogP contribution in [-0.4, -0.2) is 39.5 Å². The number of rotatable bonds is 10. The van der Waals surface area contributed by atoms with E-state index in [4.69, 9.17) is 29.4 Å². The molecular weight excluding hydrogens is 338 g/mol. The van der Waals surface area contributed by atoms with E-state index in [1.54, 1.807) is 32.2 Å². The zero-order valence-corrected chi connectivity index (χ0v) is 14.9. The maximum absolute atomic E-state index is 11.4. The molecular formula is C19H23NO6. The molecule has 0 aliphatic heterocycles. The zero-order chi connectivity index (χ0) is 18.8. The Bertz CT molecular complexity index is 702. The lowest BCUT2D eigenvalue weighted by Crippen LogP contribution is -2.15. The highest BCUT2D eigenvalue weighted by Gasteiger charge is 2.09. The predicted octanol–water partition coefficient (Wildman–Crippen LogP) is 2.68. The maximum Gasteiger partial charge on any atom is 0.344 e. The van der Waals surface area contributed by atoms with Crippen LogP contribution < -0.4 is 24.7 Å². The molecule has 0 aliphatic rings. The van der Waals surface area contributed by atoms with Gasteiger partial charge in [-0.3, -0.25) is 0 Å². The number of nitrogen functional groups attached to an aromatic ring is 1. The van der Waals surface area contributed by atoms with Crippen LogP contribution in [0.25, 0.3) is 0 Å². The fourth-order valence-electron chi connectivity index (χ4n) is 2.08. The number of benzene rings is 2. The molecule has 0 atom stereocenters. The fourth-order valence-corrected chi connectivity index (χ4v) is 2.08. The van der Waals surface area contributed by atoms with Gasteiger partial charge in [-0.1, -0.05) is 0 Å². The molecule has 2 aromatic rings. The van der Waals surface area contributed by atoms with Crippen LogP contribution in [0.5, 0.6) is 23.0 Å². The first-order valence-electron chi connectivity index (χ1n) is 8.20. The molecule has 0 saturated carbocycles. The summed E-state index contributed by atoms with van der Waals surface area (Å²) in [6.45, 7) is 2.46. The highest BCUT2D eigenvalue weighted by Crippen LogP contribution is 2.29. The average molecular weight is 361 g/mol. The summed E-state index contributed by atoms with van der Waals surface area (Å²) in [5.74, 6) is 1.87. The molecule has 0 radical (unpaired) electrons. The summed E-state index contributed by atoms with van der Waals surface area (Å²) in [7, 11) is 1.61. The van der Waals surface area contributed by atoms with Crippen LogP contribution in [0.15, 0.2) is 42.5 Å². The van der Waals surface area contributed by atoms with Crippen molar-refractivity contribution in [3.05, 3.63) is 42.5 Å². The van der Waals surface area contributed by atoms with Crippen molar-refractivity contribution in [1.29, 1.82) is 0 Å². The molecule has 140 valence electrons.